The van der Waals surface area contributed by atoms with Crippen molar-refractivity contribution in [3.05, 3.63) is 29.1 Å². The lowest BCUT2D eigenvalue weighted by atomic mass is 9.92. The molecule has 2 aliphatic heterocycles. The van der Waals surface area contributed by atoms with Gasteiger partial charge >= 0.3 is 6.09 Å². The van der Waals surface area contributed by atoms with E-state index in [1.165, 1.54) is 0 Å². The van der Waals surface area contributed by atoms with E-state index in [9.17, 15) is 9.59 Å². The number of piperidine rings is 1. The minimum Gasteiger partial charge on any atom is -0.439 e. The van der Waals surface area contributed by atoms with E-state index in [0.717, 1.165) is 24.1 Å². The Morgan fingerprint density at radius 2 is 2.14 bits per heavy atom. The van der Waals surface area contributed by atoms with Gasteiger partial charge in [-0.2, -0.15) is 0 Å². The van der Waals surface area contributed by atoms with E-state index in [1.807, 2.05) is 19.9 Å². The van der Waals surface area contributed by atoms with E-state index in [-0.39, 0.29) is 12.0 Å². The number of carbonyl (C=O) groups excluding carboxylic acids is 2. The number of carbonyl (C=O) groups is 2. The highest BCUT2D eigenvalue weighted by molar-refractivity contribution is 5.95. The summed E-state index contributed by atoms with van der Waals surface area (Å²) in [5.74, 6) is -0.0327. The lowest BCUT2D eigenvalue weighted by molar-refractivity contribution is -0.00525. The van der Waals surface area contributed by atoms with Gasteiger partial charge in [-0.3, -0.25) is 9.78 Å². The van der Waals surface area contributed by atoms with Crippen molar-refractivity contribution in [2.24, 2.45) is 0 Å². The predicted octanol–water partition coefficient (Wildman–Crippen LogP) is 1.76. The molecule has 2 saturated heterocycles. The third-order valence-corrected chi connectivity index (χ3v) is 4.45. The molecule has 6 heteroatoms. The Morgan fingerprint density at radius 1 is 1.36 bits per heavy atom. The molecule has 0 aliphatic carbocycles. The number of aryl methyl sites for hydroxylation is 2. The van der Waals surface area contributed by atoms with E-state index in [4.69, 9.17) is 4.74 Å². The normalized spacial score (nSPS) is 24.8. The number of likely N-dealkylation sites (tertiary alicyclic amines) is 1. The Balaban J connectivity index is 1.80. The number of aromatic nitrogens is 1. The van der Waals surface area contributed by atoms with E-state index >= 15 is 0 Å². The van der Waals surface area contributed by atoms with E-state index < -0.39 is 5.60 Å². The molecule has 1 aromatic rings. The molecule has 0 N–H and O–H groups in total. The zero-order chi connectivity index (χ0) is 15.9. The van der Waals surface area contributed by atoms with Gasteiger partial charge in [0.2, 0.25) is 0 Å². The molecule has 118 valence electrons. The van der Waals surface area contributed by atoms with Crippen LogP contribution in [0.1, 0.15) is 34.5 Å². The van der Waals surface area contributed by atoms with Gasteiger partial charge in [0.1, 0.15) is 5.60 Å². The highest BCUT2D eigenvalue weighted by Gasteiger charge is 2.47. The Kier molecular flexibility index (Phi) is 3.54. The van der Waals surface area contributed by atoms with Crippen LogP contribution < -0.4 is 0 Å². The maximum atomic E-state index is 12.8. The van der Waals surface area contributed by atoms with Crippen LogP contribution >= 0.6 is 0 Å². The molecule has 0 radical (unpaired) electrons. The number of rotatable bonds is 1. The van der Waals surface area contributed by atoms with Gasteiger partial charge in [0.05, 0.1) is 18.7 Å². The van der Waals surface area contributed by atoms with Crippen LogP contribution in [0, 0.1) is 13.8 Å². The number of ether oxygens (including phenoxy) is 1. The second-order valence-corrected chi connectivity index (χ2v) is 6.38. The van der Waals surface area contributed by atoms with Gasteiger partial charge in [0.15, 0.2) is 0 Å². The molecule has 1 spiro atoms. The van der Waals surface area contributed by atoms with Crippen molar-refractivity contribution in [3.63, 3.8) is 0 Å². The van der Waals surface area contributed by atoms with Crippen LogP contribution in [0.2, 0.25) is 0 Å². The number of pyridine rings is 1. The smallest absolute Gasteiger partial charge is 0.410 e. The molecule has 0 aromatic carbocycles. The highest BCUT2D eigenvalue weighted by Crippen LogP contribution is 2.32. The average molecular weight is 303 g/mol. The summed E-state index contributed by atoms with van der Waals surface area (Å²) in [6.45, 7) is 5.51. The fraction of sp³-hybridized carbons (Fsp3) is 0.562. The number of hydrogen-bond acceptors (Lipinski definition) is 4. The molecule has 0 unspecified atom stereocenters. The molecule has 6 nitrogen and oxygen atoms in total. The van der Waals surface area contributed by atoms with Crippen LogP contribution in [-0.4, -0.2) is 59.1 Å². The SMILES string of the molecule is Cc1cc(C)c(C(=O)N2CCC[C@@]3(CN(C)C(=O)O3)C2)cn1. The molecular weight excluding hydrogens is 282 g/mol. The van der Waals surface area contributed by atoms with Gasteiger partial charge in [0.25, 0.3) is 5.91 Å². The topological polar surface area (TPSA) is 62.7 Å². The lowest BCUT2D eigenvalue weighted by Crippen LogP contribution is -2.52. The van der Waals surface area contributed by atoms with Crippen molar-refractivity contribution in [2.45, 2.75) is 32.3 Å². The molecule has 0 bridgehead atoms. The molecule has 1 aromatic heterocycles. The number of nitrogens with zero attached hydrogens (tertiary/aromatic N) is 3. The van der Waals surface area contributed by atoms with Crippen molar-refractivity contribution in [2.75, 3.05) is 26.7 Å². The minimum atomic E-state index is -0.550. The predicted molar refractivity (Wildman–Crippen MR) is 80.7 cm³/mol. The monoisotopic (exact) mass is 303 g/mol. The van der Waals surface area contributed by atoms with Gasteiger partial charge < -0.3 is 14.5 Å². The summed E-state index contributed by atoms with van der Waals surface area (Å²) in [5.41, 5.74) is 1.90. The summed E-state index contributed by atoms with van der Waals surface area (Å²) in [7, 11) is 1.73. The van der Waals surface area contributed by atoms with Gasteiger partial charge in [-0.15, -0.1) is 0 Å². The van der Waals surface area contributed by atoms with Gasteiger partial charge in [-0.1, -0.05) is 0 Å². The summed E-state index contributed by atoms with van der Waals surface area (Å²) in [5, 5.41) is 0. The Hall–Kier alpha value is -2.11. The molecule has 3 rings (SSSR count). The zero-order valence-corrected chi connectivity index (χ0v) is 13.3. The van der Waals surface area contributed by atoms with E-state index in [1.54, 1.807) is 23.0 Å². The van der Waals surface area contributed by atoms with E-state index in [0.29, 0.717) is 25.2 Å². The molecule has 2 amide bonds. The van der Waals surface area contributed by atoms with Crippen molar-refractivity contribution < 1.29 is 14.3 Å². The minimum absolute atomic E-state index is 0.0327. The second kappa shape index (κ2) is 5.26. The molecule has 1 atom stereocenters. The van der Waals surface area contributed by atoms with Crippen LogP contribution in [0.15, 0.2) is 12.3 Å². The van der Waals surface area contributed by atoms with Crippen molar-refractivity contribution in [1.82, 2.24) is 14.8 Å². The molecule has 3 heterocycles. The van der Waals surface area contributed by atoms with Crippen LogP contribution in [-0.2, 0) is 4.74 Å². The highest BCUT2D eigenvalue weighted by atomic mass is 16.6. The summed E-state index contributed by atoms with van der Waals surface area (Å²) in [6.07, 6.45) is 2.98. The van der Waals surface area contributed by atoms with Gasteiger partial charge in [0, 0.05) is 25.5 Å². The quantitative estimate of drug-likeness (QED) is 0.793. The first-order valence-electron chi connectivity index (χ1n) is 7.57. The van der Waals surface area contributed by atoms with Crippen molar-refractivity contribution >= 4 is 12.0 Å². The zero-order valence-electron chi connectivity index (χ0n) is 13.3. The third-order valence-electron chi connectivity index (χ3n) is 4.45. The van der Waals surface area contributed by atoms with Crippen molar-refractivity contribution in [1.29, 1.82) is 0 Å². The summed E-state index contributed by atoms with van der Waals surface area (Å²) >= 11 is 0. The number of amides is 2. The molecule has 22 heavy (non-hydrogen) atoms. The number of hydrogen-bond donors (Lipinski definition) is 0. The van der Waals surface area contributed by atoms with Crippen LogP contribution in [0.5, 0.6) is 0 Å². The summed E-state index contributed by atoms with van der Waals surface area (Å²) in [4.78, 5) is 32.0. The molecular formula is C16H21N3O3. The Bertz CT molecular complexity index is 631. The van der Waals surface area contributed by atoms with Crippen LogP contribution in [0.25, 0.3) is 0 Å². The second-order valence-electron chi connectivity index (χ2n) is 6.38. The molecule has 2 aliphatic rings. The van der Waals surface area contributed by atoms with Crippen LogP contribution in [0.3, 0.4) is 0 Å². The largest absolute Gasteiger partial charge is 0.439 e. The van der Waals surface area contributed by atoms with E-state index in [2.05, 4.69) is 4.98 Å². The Labute approximate surface area is 130 Å². The fourth-order valence-corrected chi connectivity index (χ4v) is 3.37. The van der Waals surface area contributed by atoms with Crippen molar-refractivity contribution in [3.8, 4) is 0 Å². The van der Waals surface area contributed by atoms with Gasteiger partial charge in [-0.25, -0.2) is 4.79 Å². The molecule has 2 fully saturated rings. The fourth-order valence-electron chi connectivity index (χ4n) is 3.37. The summed E-state index contributed by atoms with van der Waals surface area (Å²) in [6, 6.07) is 1.91. The van der Waals surface area contributed by atoms with Crippen LogP contribution in [0.4, 0.5) is 4.79 Å². The first-order chi connectivity index (χ1) is 10.4. The lowest BCUT2D eigenvalue weighted by Gasteiger charge is -2.38. The maximum absolute atomic E-state index is 12.8. The summed E-state index contributed by atoms with van der Waals surface area (Å²) < 4.78 is 5.55. The van der Waals surface area contributed by atoms with Gasteiger partial charge in [-0.05, 0) is 38.3 Å². The maximum Gasteiger partial charge on any atom is 0.410 e. The average Bonchev–Trinajstić information content (AvgIpc) is 2.72. The first kappa shape index (κ1) is 14.8. The standard InChI is InChI=1S/C16H21N3O3/c1-11-7-12(2)17-8-13(11)14(20)19-6-4-5-16(10-19)9-18(3)15(21)22-16/h7-8H,4-6,9-10H2,1-3H3/t16-/m1/s1. The molecule has 0 saturated carbocycles. The third kappa shape index (κ3) is 2.53. The number of likely N-dealkylation sites (N-methyl/N-ethyl adjacent to an activating group) is 1. The Morgan fingerprint density at radius 3 is 2.77 bits per heavy atom. The first-order valence-corrected chi connectivity index (χ1v) is 7.57.